The number of carbonyl (C=O) groups is 2. The van der Waals surface area contributed by atoms with Crippen molar-refractivity contribution in [2.45, 2.75) is 13.0 Å². The van der Waals surface area contributed by atoms with E-state index in [0.717, 1.165) is 11.3 Å². The smallest absolute Gasteiger partial charge is 0.255 e. The van der Waals surface area contributed by atoms with E-state index in [9.17, 15) is 9.59 Å². The van der Waals surface area contributed by atoms with Crippen LogP contribution in [0.15, 0.2) is 85.2 Å². The lowest BCUT2D eigenvalue weighted by Crippen LogP contribution is -2.27. The second kappa shape index (κ2) is 10.2. The van der Waals surface area contributed by atoms with Crippen molar-refractivity contribution in [3.8, 4) is 5.75 Å². The summed E-state index contributed by atoms with van der Waals surface area (Å²) in [7, 11) is 0. The van der Waals surface area contributed by atoms with Gasteiger partial charge in [0.2, 0.25) is 0 Å². The third kappa shape index (κ3) is 5.40. The van der Waals surface area contributed by atoms with Crippen molar-refractivity contribution in [2.75, 3.05) is 17.2 Å². The van der Waals surface area contributed by atoms with Crippen molar-refractivity contribution in [3.05, 3.63) is 96.3 Å². The van der Waals surface area contributed by atoms with Gasteiger partial charge in [-0.3, -0.25) is 9.59 Å². The van der Waals surface area contributed by atoms with Gasteiger partial charge in [-0.1, -0.05) is 30.3 Å². The molecule has 1 aromatic heterocycles. The fourth-order valence-corrected chi connectivity index (χ4v) is 3.27. The minimum atomic E-state index is -0.733. The minimum absolute atomic E-state index is 0.257. The number of nitrogens with zero attached hydrogens (tertiary/aromatic N) is 4. The van der Waals surface area contributed by atoms with E-state index < -0.39 is 6.04 Å². The molecular weight excluding hydrogens is 420 g/mol. The van der Waals surface area contributed by atoms with Crippen LogP contribution in [0.1, 0.15) is 28.9 Å². The van der Waals surface area contributed by atoms with E-state index in [1.165, 1.54) is 11.0 Å². The van der Waals surface area contributed by atoms with E-state index >= 15 is 0 Å². The molecular formula is C24H22N6O3. The van der Waals surface area contributed by atoms with E-state index in [1.54, 1.807) is 48.5 Å². The summed E-state index contributed by atoms with van der Waals surface area (Å²) in [6, 6.07) is 22.3. The van der Waals surface area contributed by atoms with Gasteiger partial charge in [0.15, 0.2) is 6.04 Å². The highest BCUT2D eigenvalue weighted by Gasteiger charge is 2.24. The molecule has 33 heavy (non-hydrogen) atoms. The van der Waals surface area contributed by atoms with Crippen molar-refractivity contribution in [1.29, 1.82) is 0 Å². The first-order chi connectivity index (χ1) is 16.1. The van der Waals surface area contributed by atoms with Gasteiger partial charge in [-0.2, -0.15) is 0 Å². The van der Waals surface area contributed by atoms with Crippen molar-refractivity contribution in [3.63, 3.8) is 0 Å². The number of amides is 2. The van der Waals surface area contributed by atoms with Gasteiger partial charge < -0.3 is 15.4 Å². The van der Waals surface area contributed by atoms with E-state index in [2.05, 4.69) is 26.2 Å². The Bertz CT molecular complexity index is 1190. The van der Waals surface area contributed by atoms with Crippen LogP contribution in [0.5, 0.6) is 5.75 Å². The Morgan fingerprint density at radius 1 is 0.909 bits per heavy atom. The number of aromatic nitrogens is 4. The Kier molecular flexibility index (Phi) is 6.70. The normalized spacial score (nSPS) is 11.4. The summed E-state index contributed by atoms with van der Waals surface area (Å²) in [6.07, 6.45) is 1.39. The molecule has 0 saturated heterocycles. The Balaban J connectivity index is 1.43. The van der Waals surface area contributed by atoms with Crippen LogP contribution in [-0.2, 0) is 4.79 Å². The van der Waals surface area contributed by atoms with Gasteiger partial charge in [0.05, 0.1) is 6.61 Å². The summed E-state index contributed by atoms with van der Waals surface area (Å²) in [5.74, 6) is 0.180. The largest absolute Gasteiger partial charge is 0.494 e. The van der Waals surface area contributed by atoms with Crippen molar-refractivity contribution in [1.82, 2.24) is 20.2 Å². The molecule has 1 heterocycles. The average molecular weight is 442 g/mol. The monoisotopic (exact) mass is 442 g/mol. The molecule has 0 aliphatic carbocycles. The van der Waals surface area contributed by atoms with E-state index in [-0.39, 0.29) is 11.8 Å². The number of tetrazole rings is 1. The molecule has 2 N–H and O–H groups in total. The van der Waals surface area contributed by atoms with Gasteiger partial charge in [-0.15, -0.1) is 5.10 Å². The molecule has 1 atom stereocenters. The lowest BCUT2D eigenvalue weighted by Gasteiger charge is -2.16. The number of carbonyl (C=O) groups excluding carboxylic acids is 2. The SMILES string of the molecule is CCOc1ccc(NC(=O)c2ccc(NC(=O)[C@@H](c3ccccc3)n3cnnn3)cc2)cc1. The van der Waals surface area contributed by atoms with Crippen LogP contribution in [-0.4, -0.2) is 38.6 Å². The number of rotatable bonds is 8. The molecule has 0 radical (unpaired) electrons. The van der Waals surface area contributed by atoms with E-state index in [0.29, 0.717) is 23.5 Å². The topological polar surface area (TPSA) is 111 Å². The zero-order valence-corrected chi connectivity index (χ0v) is 17.9. The molecule has 166 valence electrons. The fourth-order valence-electron chi connectivity index (χ4n) is 3.27. The molecule has 4 rings (SSSR count). The van der Waals surface area contributed by atoms with Crippen LogP contribution in [0.2, 0.25) is 0 Å². The summed E-state index contributed by atoms with van der Waals surface area (Å²) >= 11 is 0. The maximum atomic E-state index is 13.0. The first kappa shape index (κ1) is 21.7. The van der Waals surface area contributed by atoms with Crippen LogP contribution in [0.4, 0.5) is 11.4 Å². The number of hydrogen-bond acceptors (Lipinski definition) is 6. The molecule has 0 bridgehead atoms. The molecule has 9 nitrogen and oxygen atoms in total. The number of benzene rings is 3. The molecule has 9 heteroatoms. The minimum Gasteiger partial charge on any atom is -0.494 e. The second-order valence-electron chi connectivity index (χ2n) is 7.08. The summed E-state index contributed by atoms with van der Waals surface area (Å²) < 4.78 is 6.80. The van der Waals surface area contributed by atoms with Crippen LogP contribution >= 0.6 is 0 Å². The first-order valence-electron chi connectivity index (χ1n) is 10.4. The zero-order valence-electron chi connectivity index (χ0n) is 17.9. The predicted molar refractivity (Wildman–Crippen MR) is 123 cm³/mol. The van der Waals surface area contributed by atoms with Crippen molar-refractivity contribution in [2.24, 2.45) is 0 Å². The Morgan fingerprint density at radius 2 is 1.58 bits per heavy atom. The summed E-state index contributed by atoms with van der Waals surface area (Å²) in [5.41, 5.74) is 2.41. The molecule has 4 aromatic rings. The molecule has 0 spiro atoms. The fraction of sp³-hybridized carbons (Fsp3) is 0.125. The van der Waals surface area contributed by atoms with Gasteiger partial charge in [0.25, 0.3) is 11.8 Å². The van der Waals surface area contributed by atoms with Crippen LogP contribution in [0, 0.1) is 0 Å². The highest BCUT2D eigenvalue weighted by atomic mass is 16.5. The Morgan fingerprint density at radius 3 is 2.21 bits per heavy atom. The number of hydrogen-bond donors (Lipinski definition) is 2. The second-order valence-corrected chi connectivity index (χ2v) is 7.08. The lowest BCUT2D eigenvalue weighted by atomic mass is 10.1. The van der Waals surface area contributed by atoms with Gasteiger partial charge in [0, 0.05) is 16.9 Å². The molecule has 0 aliphatic rings. The van der Waals surface area contributed by atoms with Gasteiger partial charge in [-0.25, -0.2) is 4.68 Å². The van der Waals surface area contributed by atoms with Crippen LogP contribution < -0.4 is 15.4 Å². The van der Waals surface area contributed by atoms with Gasteiger partial charge >= 0.3 is 0 Å². The Labute approximate surface area is 190 Å². The van der Waals surface area contributed by atoms with Gasteiger partial charge in [0.1, 0.15) is 12.1 Å². The lowest BCUT2D eigenvalue weighted by molar-refractivity contribution is -0.118. The quantitative estimate of drug-likeness (QED) is 0.432. The number of nitrogens with one attached hydrogen (secondary N) is 2. The predicted octanol–water partition coefficient (Wildman–Crippen LogP) is 3.55. The van der Waals surface area contributed by atoms with E-state index in [4.69, 9.17) is 4.74 Å². The summed E-state index contributed by atoms with van der Waals surface area (Å²) in [6.45, 7) is 2.49. The highest BCUT2D eigenvalue weighted by Crippen LogP contribution is 2.21. The van der Waals surface area contributed by atoms with E-state index in [1.807, 2.05) is 37.3 Å². The number of anilines is 2. The Hall–Kier alpha value is -4.53. The first-order valence-corrected chi connectivity index (χ1v) is 10.4. The molecule has 2 amide bonds. The van der Waals surface area contributed by atoms with Crippen molar-refractivity contribution < 1.29 is 14.3 Å². The highest BCUT2D eigenvalue weighted by molar-refractivity contribution is 6.04. The van der Waals surface area contributed by atoms with Crippen molar-refractivity contribution >= 4 is 23.2 Å². The molecule has 0 unspecified atom stereocenters. The maximum absolute atomic E-state index is 13.0. The summed E-state index contributed by atoms with van der Waals surface area (Å²) in [5, 5.41) is 16.9. The summed E-state index contributed by atoms with van der Waals surface area (Å²) in [4.78, 5) is 25.6. The van der Waals surface area contributed by atoms with Crippen LogP contribution in [0.3, 0.4) is 0 Å². The third-order valence-electron chi connectivity index (χ3n) is 4.83. The molecule has 0 aliphatic heterocycles. The standard InChI is InChI=1S/C24H22N6O3/c1-2-33-21-14-12-20(13-15-21)26-23(31)18-8-10-19(11-9-18)27-24(32)22(30-16-25-28-29-30)17-6-4-3-5-7-17/h3-16,22H,2H2,1H3,(H,26,31)(H,27,32)/t22-/m1/s1. The average Bonchev–Trinajstić information content (AvgIpc) is 3.36. The maximum Gasteiger partial charge on any atom is 0.255 e. The number of ether oxygens (including phenoxy) is 1. The zero-order chi connectivity index (χ0) is 23.0. The molecule has 0 fully saturated rings. The van der Waals surface area contributed by atoms with Gasteiger partial charge in [-0.05, 0) is 71.4 Å². The molecule has 0 saturated carbocycles. The van der Waals surface area contributed by atoms with Crippen LogP contribution in [0.25, 0.3) is 0 Å². The third-order valence-corrected chi connectivity index (χ3v) is 4.83. The molecule has 3 aromatic carbocycles.